The van der Waals surface area contributed by atoms with Crippen molar-refractivity contribution in [2.75, 3.05) is 18.4 Å². The zero-order chi connectivity index (χ0) is 27.4. The summed E-state index contributed by atoms with van der Waals surface area (Å²) in [6, 6.07) is 8.42. The molecule has 38 heavy (non-hydrogen) atoms. The van der Waals surface area contributed by atoms with Gasteiger partial charge in [-0.3, -0.25) is 14.3 Å². The Labute approximate surface area is 227 Å². The number of likely N-dealkylation sites (tertiary alicyclic amines) is 1. The van der Waals surface area contributed by atoms with Crippen molar-refractivity contribution in [2.45, 2.75) is 52.6 Å². The Hall–Kier alpha value is -3.97. The van der Waals surface area contributed by atoms with Crippen LogP contribution in [0.4, 0.5) is 11.6 Å². The van der Waals surface area contributed by atoms with Crippen molar-refractivity contribution in [1.29, 1.82) is 5.26 Å². The summed E-state index contributed by atoms with van der Waals surface area (Å²) in [5.74, 6) is 0.213. The molecule has 1 aliphatic heterocycles. The SMILES string of the molecule is C[C@@H](C#N)NC(=O)c1ccc(-c2nc(Nc3cnn(C4CCN(C(=O)C(C)(C)C)CC4)c3)ncc2Cl)cc1. The summed E-state index contributed by atoms with van der Waals surface area (Å²) >= 11 is 6.38. The van der Waals surface area contributed by atoms with E-state index in [0.29, 0.717) is 35.3 Å². The molecule has 2 amide bonds. The highest BCUT2D eigenvalue weighted by molar-refractivity contribution is 6.32. The van der Waals surface area contributed by atoms with Crippen LogP contribution in [0.2, 0.25) is 5.02 Å². The van der Waals surface area contributed by atoms with Crippen LogP contribution in [-0.4, -0.2) is 55.6 Å². The molecule has 0 bridgehead atoms. The number of aromatic nitrogens is 4. The Bertz CT molecular complexity index is 1350. The molecule has 3 heterocycles. The van der Waals surface area contributed by atoms with Crippen LogP contribution >= 0.6 is 11.6 Å². The number of carbonyl (C=O) groups is 2. The Balaban J connectivity index is 1.41. The topological polar surface area (TPSA) is 129 Å². The Kier molecular flexibility index (Phi) is 7.97. The first-order chi connectivity index (χ1) is 18.0. The molecule has 198 valence electrons. The van der Waals surface area contributed by atoms with E-state index in [2.05, 4.69) is 25.7 Å². The van der Waals surface area contributed by atoms with Gasteiger partial charge >= 0.3 is 0 Å². The number of nitriles is 1. The van der Waals surface area contributed by atoms with E-state index in [1.54, 1.807) is 37.4 Å². The summed E-state index contributed by atoms with van der Waals surface area (Å²) in [6.07, 6.45) is 6.84. The summed E-state index contributed by atoms with van der Waals surface area (Å²) in [6.45, 7) is 8.89. The number of nitrogens with one attached hydrogen (secondary N) is 2. The van der Waals surface area contributed by atoms with Gasteiger partial charge in [0.15, 0.2) is 0 Å². The van der Waals surface area contributed by atoms with Gasteiger partial charge in [0.2, 0.25) is 11.9 Å². The molecule has 0 unspecified atom stereocenters. The van der Waals surface area contributed by atoms with Crippen molar-refractivity contribution in [3.63, 3.8) is 0 Å². The average Bonchev–Trinajstić information content (AvgIpc) is 3.37. The minimum absolute atomic E-state index is 0.181. The van der Waals surface area contributed by atoms with Crippen LogP contribution in [0.25, 0.3) is 11.3 Å². The fraction of sp³-hybridized carbons (Fsp3) is 0.407. The first kappa shape index (κ1) is 27.1. The van der Waals surface area contributed by atoms with Gasteiger partial charge in [-0.15, -0.1) is 0 Å². The minimum atomic E-state index is -0.582. The second kappa shape index (κ2) is 11.2. The summed E-state index contributed by atoms with van der Waals surface area (Å²) < 4.78 is 1.93. The van der Waals surface area contributed by atoms with Gasteiger partial charge < -0.3 is 15.5 Å². The number of nitrogens with zero attached hydrogens (tertiary/aromatic N) is 6. The van der Waals surface area contributed by atoms with Crippen LogP contribution in [-0.2, 0) is 4.79 Å². The molecule has 1 aliphatic rings. The number of anilines is 2. The molecular weight excluding hydrogens is 504 g/mol. The highest BCUT2D eigenvalue weighted by Gasteiger charge is 2.31. The van der Waals surface area contributed by atoms with Crippen molar-refractivity contribution in [3.8, 4) is 17.3 Å². The van der Waals surface area contributed by atoms with Gasteiger partial charge in [0.1, 0.15) is 6.04 Å². The van der Waals surface area contributed by atoms with E-state index in [-0.39, 0.29) is 23.3 Å². The number of halogens is 1. The average molecular weight is 535 g/mol. The third kappa shape index (κ3) is 6.29. The molecule has 10 nitrogen and oxygen atoms in total. The predicted molar refractivity (Wildman–Crippen MR) is 145 cm³/mol. The second-order valence-corrected chi connectivity index (χ2v) is 10.8. The van der Waals surface area contributed by atoms with E-state index >= 15 is 0 Å². The predicted octanol–water partition coefficient (Wildman–Crippen LogP) is 4.59. The number of amides is 2. The molecule has 1 saturated heterocycles. The van der Waals surface area contributed by atoms with Crippen molar-refractivity contribution in [1.82, 2.24) is 30.0 Å². The van der Waals surface area contributed by atoms with Gasteiger partial charge in [-0.2, -0.15) is 10.4 Å². The van der Waals surface area contributed by atoms with Crippen molar-refractivity contribution < 1.29 is 9.59 Å². The zero-order valence-corrected chi connectivity index (χ0v) is 22.7. The maximum Gasteiger partial charge on any atom is 0.252 e. The van der Waals surface area contributed by atoms with Gasteiger partial charge in [-0.25, -0.2) is 9.97 Å². The van der Waals surface area contributed by atoms with E-state index in [1.807, 2.05) is 42.6 Å². The molecule has 4 rings (SSSR count). The molecule has 2 N–H and O–H groups in total. The second-order valence-electron chi connectivity index (χ2n) is 10.4. The Morgan fingerprint density at radius 2 is 1.84 bits per heavy atom. The Morgan fingerprint density at radius 1 is 1.16 bits per heavy atom. The van der Waals surface area contributed by atoms with Crippen LogP contribution in [0.3, 0.4) is 0 Å². The molecule has 1 atom stereocenters. The van der Waals surface area contributed by atoms with Crippen LogP contribution in [0, 0.1) is 16.7 Å². The van der Waals surface area contributed by atoms with Crippen LogP contribution in [0.15, 0.2) is 42.9 Å². The third-order valence-electron chi connectivity index (χ3n) is 6.33. The number of carbonyl (C=O) groups excluding carboxylic acids is 2. The maximum absolute atomic E-state index is 12.6. The van der Waals surface area contributed by atoms with Crippen molar-refractivity contribution >= 4 is 35.1 Å². The monoisotopic (exact) mass is 534 g/mol. The van der Waals surface area contributed by atoms with Gasteiger partial charge in [0.25, 0.3) is 5.91 Å². The molecule has 11 heteroatoms. The van der Waals surface area contributed by atoms with Crippen molar-refractivity contribution in [2.24, 2.45) is 5.41 Å². The lowest BCUT2D eigenvalue weighted by Crippen LogP contribution is -2.44. The van der Waals surface area contributed by atoms with Gasteiger partial charge in [-0.1, -0.05) is 44.5 Å². The van der Waals surface area contributed by atoms with E-state index in [4.69, 9.17) is 16.9 Å². The summed E-state index contributed by atoms with van der Waals surface area (Å²) in [5, 5.41) is 19.6. The number of piperidine rings is 1. The Morgan fingerprint density at radius 3 is 2.47 bits per heavy atom. The number of rotatable bonds is 6. The lowest BCUT2D eigenvalue weighted by molar-refractivity contribution is -0.140. The molecule has 2 aromatic heterocycles. The van der Waals surface area contributed by atoms with Gasteiger partial charge in [-0.05, 0) is 31.9 Å². The van der Waals surface area contributed by atoms with E-state index in [9.17, 15) is 9.59 Å². The number of hydrogen-bond donors (Lipinski definition) is 2. The molecule has 0 radical (unpaired) electrons. The lowest BCUT2D eigenvalue weighted by Gasteiger charge is -2.35. The quantitative estimate of drug-likeness (QED) is 0.473. The third-order valence-corrected chi connectivity index (χ3v) is 6.61. The summed E-state index contributed by atoms with van der Waals surface area (Å²) in [4.78, 5) is 35.6. The highest BCUT2D eigenvalue weighted by Crippen LogP contribution is 2.29. The first-order valence-corrected chi connectivity index (χ1v) is 12.9. The van der Waals surface area contributed by atoms with Crippen LogP contribution in [0.5, 0.6) is 0 Å². The largest absolute Gasteiger partial charge is 0.342 e. The summed E-state index contributed by atoms with van der Waals surface area (Å²) in [5.41, 5.74) is 2.04. The fourth-order valence-electron chi connectivity index (χ4n) is 4.26. The van der Waals surface area contributed by atoms with Gasteiger partial charge in [0, 0.05) is 35.8 Å². The zero-order valence-electron chi connectivity index (χ0n) is 21.9. The molecule has 0 aliphatic carbocycles. The molecule has 1 aromatic carbocycles. The minimum Gasteiger partial charge on any atom is -0.342 e. The number of hydrogen-bond acceptors (Lipinski definition) is 7. The van der Waals surface area contributed by atoms with E-state index in [0.717, 1.165) is 24.1 Å². The van der Waals surface area contributed by atoms with Crippen LogP contribution in [0.1, 0.15) is 56.9 Å². The summed E-state index contributed by atoms with van der Waals surface area (Å²) in [7, 11) is 0. The lowest BCUT2D eigenvalue weighted by atomic mass is 9.93. The fourth-order valence-corrected chi connectivity index (χ4v) is 4.46. The maximum atomic E-state index is 12.6. The molecule has 0 spiro atoms. The van der Waals surface area contributed by atoms with E-state index in [1.165, 1.54) is 6.20 Å². The van der Waals surface area contributed by atoms with Gasteiger partial charge in [0.05, 0.1) is 40.9 Å². The highest BCUT2D eigenvalue weighted by atomic mass is 35.5. The smallest absolute Gasteiger partial charge is 0.252 e. The molecular formula is C27H31ClN8O2. The molecule has 3 aromatic rings. The van der Waals surface area contributed by atoms with Crippen molar-refractivity contribution in [3.05, 3.63) is 53.4 Å². The molecule has 0 saturated carbocycles. The number of benzene rings is 1. The normalized spacial score (nSPS) is 15.0. The van der Waals surface area contributed by atoms with E-state index < -0.39 is 6.04 Å². The standard InChI is InChI=1S/C27H31ClN8O2/c1-17(13-29)32-24(37)19-7-5-18(6-8-19)23-22(28)15-30-26(34-23)33-20-14-31-36(16-20)21-9-11-35(12-10-21)25(38)27(2,3)4/h5-8,14-17,21H,9-12H2,1-4H3,(H,32,37)(H,30,33,34)/t17-/m0/s1. The molecule has 1 fully saturated rings. The first-order valence-electron chi connectivity index (χ1n) is 12.5. The van der Waals surface area contributed by atoms with Crippen LogP contribution < -0.4 is 10.6 Å².